The van der Waals surface area contributed by atoms with Crippen molar-refractivity contribution in [3.8, 4) is 0 Å². The smallest absolute Gasteiger partial charge is 0.195 e. The molecule has 0 amide bonds. The molecule has 3 heterocycles. The van der Waals surface area contributed by atoms with Gasteiger partial charge in [-0.2, -0.15) is 0 Å². The summed E-state index contributed by atoms with van der Waals surface area (Å²) in [7, 11) is 4.23. The van der Waals surface area contributed by atoms with Crippen molar-refractivity contribution in [2.75, 3.05) is 32.5 Å². The first-order chi connectivity index (χ1) is 11.0. The molecular weight excluding hydrogens is 314 g/mol. The predicted octanol–water partition coefficient (Wildman–Crippen LogP) is 2.46. The fraction of sp³-hybridized carbons (Fsp3) is 0.438. The molecule has 2 aliphatic rings. The lowest BCUT2D eigenvalue weighted by Crippen LogP contribution is -2.36. The molecule has 0 bridgehead atoms. The third kappa shape index (κ3) is 2.47. The van der Waals surface area contributed by atoms with E-state index in [1.165, 1.54) is 0 Å². The Morgan fingerprint density at radius 3 is 3.00 bits per heavy atom. The minimum atomic E-state index is -0.178. The third-order valence-electron chi connectivity index (χ3n) is 4.70. The summed E-state index contributed by atoms with van der Waals surface area (Å²) in [5.41, 5.74) is 7.70. The van der Waals surface area contributed by atoms with Crippen LogP contribution >= 0.6 is 11.6 Å². The standard InChI is InChI=1S/C16H20ClN5O/c1-21(2)10-5-6-22(8-10)15-14-13(19-16(18)20-15)11-7-9(17)3-4-12(11)23-14/h3-4,7,10,15H,5-6,8H2,1-2H3,(H3,18,19,20)/t10-,15?/m1/s1. The minimum absolute atomic E-state index is 0.178. The second-order valence-electron chi connectivity index (χ2n) is 6.40. The van der Waals surface area contributed by atoms with E-state index in [4.69, 9.17) is 21.8 Å². The summed E-state index contributed by atoms with van der Waals surface area (Å²) in [6.07, 6.45) is 0.940. The number of nitrogens with one attached hydrogen (secondary N) is 1. The molecule has 0 radical (unpaired) electrons. The summed E-state index contributed by atoms with van der Waals surface area (Å²) in [6.45, 7) is 1.92. The third-order valence-corrected chi connectivity index (χ3v) is 4.93. The molecule has 2 atom stereocenters. The van der Waals surface area contributed by atoms with Crippen LogP contribution in [0.5, 0.6) is 0 Å². The van der Waals surface area contributed by atoms with Gasteiger partial charge in [-0.15, -0.1) is 0 Å². The number of likely N-dealkylation sites (N-methyl/N-ethyl adjacent to an activating group) is 1. The molecule has 1 aromatic heterocycles. The average molecular weight is 334 g/mol. The molecule has 122 valence electrons. The van der Waals surface area contributed by atoms with Crippen molar-refractivity contribution in [3.05, 3.63) is 29.0 Å². The first kappa shape index (κ1) is 14.8. The van der Waals surface area contributed by atoms with Gasteiger partial charge >= 0.3 is 0 Å². The zero-order chi connectivity index (χ0) is 16.1. The number of anilines is 1. The van der Waals surface area contributed by atoms with E-state index in [9.17, 15) is 0 Å². The molecule has 23 heavy (non-hydrogen) atoms. The SMILES string of the molecule is CN(C)[C@@H]1CCN(C2N=C(N)Nc3c2oc2ccc(Cl)cc32)C1. The zero-order valence-electron chi connectivity index (χ0n) is 13.2. The van der Waals surface area contributed by atoms with Crippen LogP contribution in [0, 0.1) is 0 Å². The number of guanidine groups is 1. The Morgan fingerprint density at radius 2 is 2.26 bits per heavy atom. The quantitative estimate of drug-likeness (QED) is 0.883. The number of nitrogens with zero attached hydrogens (tertiary/aromatic N) is 3. The highest BCUT2D eigenvalue weighted by atomic mass is 35.5. The summed E-state index contributed by atoms with van der Waals surface area (Å²) < 4.78 is 6.08. The molecule has 0 spiro atoms. The number of likely N-dealkylation sites (tertiary alicyclic amines) is 1. The molecule has 0 aliphatic carbocycles. The van der Waals surface area contributed by atoms with Crippen molar-refractivity contribution in [1.29, 1.82) is 0 Å². The molecule has 2 aromatic rings. The molecule has 1 aromatic carbocycles. The van der Waals surface area contributed by atoms with E-state index in [0.717, 1.165) is 41.9 Å². The number of nitrogens with two attached hydrogens (primary N) is 1. The number of furan rings is 1. The number of fused-ring (bicyclic) bond motifs is 3. The Kier molecular flexibility index (Phi) is 3.48. The summed E-state index contributed by atoms with van der Waals surface area (Å²) >= 11 is 6.13. The molecule has 1 unspecified atom stereocenters. The predicted molar refractivity (Wildman–Crippen MR) is 92.9 cm³/mol. The number of hydrogen-bond acceptors (Lipinski definition) is 6. The normalized spacial score (nSPS) is 24.8. The van der Waals surface area contributed by atoms with E-state index in [0.29, 0.717) is 17.0 Å². The van der Waals surface area contributed by atoms with Crippen molar-refractivity contribution in [2.24, 2.45) is 10.7 Å². The highest BCUT2D eigenvalue weighted by molar-refractivity contribution is 6.31. The lowest BCUT2D eigenvalue weighted by molar-refractivity contribution is 0.202. The lowest BCUT2D eigenvalue weighted by Gasteiger charge is -2.28. The van der Waals surface area contributed by atoms with Crippen molar-refractivity contribution in [1.82, 2.24) is 9.80 Å². The number of rotatable bonds is 2. The van der Waals surface area contributed by atoms with Crippen molar-refractivity contribution >= 4 is 34.2 Å². The Balaban J connectivity index is 1.75. The van der Waals surface area contributed by atoms with Gasteiger partial charge in [0.25, 0.3) is 0 Å². The van der Waals surface area contributed by atoms with Crippen molar-refractivity contribution in [2.45, 2.75) is 18.6 Å². The number of benzene rings is 1. The lowest BCUT2D eigenvalue weighted by atomic mass is 10.2. The molecule has 1 fully saturated rings. The maximum absolute atomic E-state index is 6.13. The van der Waals surface area contributed by atoms with Gasteiger partial charge in [-0.3, -0.25) is 4.90 Å². The molecular formula is C16H20ClN5O. The van der Waals surface area contributed by atoms with Crippen LogP contribution in [0.1, 0.15) is 18.3 Å². The van der Waals surface area contributed by atoms with Crippen LogP contribution in [-0.2, 0) is 0 Å². The second-order valence-corrected chi connectivity index (χ2v) is 6.83. The molecule has 2 aliphatic heterocycles. The summed E-state index contributed by atoms with van der Waals surface area (Å²) in [4.78, 5) is 9.16. The van der Waals surface area contributed by atoms with Crippen LogP contribution in [0.2, 0.25) is 5.02 Å². The largest absolute Gasteiger partial charge is 0.455 e. The van der Waals surface area contributed by atoms with E-state index in [-0.39, 0.29) is 6.17 Å². The van der Waals surface area contributed by atoms with Crippen molar-refractivity contribution < 1.29 is 4.42 Å². The highest BCUT2D eigenvalue weighted by Gasteiger charge is 2.36. The molecule has 3 N–H and O–H groups in total. The van der Waals surface area contributed by atoms with Crippen molar-refractivity contribution in [3.63, 3.8) is 0 Å². The van der Waals surface area contributed by atoms with Crippen LogP contribution < -0.4 is 11.1 Å². The zero-order valence-corrected chi connectivity index (χ0v) is 14.0. The van der Waals surface area contributed by atoms with Gasteiger partial charge in [-0.1, -0.05) is 11.6 Å². The van der Waals surface area contributed by atoms with E-state index < -0.39 is 0 Å². The minimum Gasteiger partial charge on any atom is -0.455 e. The monoisotopic (exact) mass is 333 g/mol. The average Bonchev–Trinajstić information content (AvgIpc) is 3.11. The first-order valence-corrected chi connectivity index (χ1v) is 8.13. The number of hydrogen-bond donors (Lipinski definition) is 2. The van der Waals surface area contributed by atoms with E-state index in [2.05, 4.69) is 34.2 Å². The van der Waals surface area contributed by atoms with Crippen LogP contribution in [0.4, 0.5) is 5.69 Å². The van der Waals surface area contributed by atoms with Gasteiger partial charge in [0, 0.05) is 29.5 Å². The second kappa shape index (κ2) is 5.40. The van der Waals surface area contributed by atoms with Gasteiger partial charge in [0.05, 0.1) is 5.69 Å². The van der Waals surface area contributed by atoms with Gasteiger partial charge in [0.1, 0.15) is 5.58 Å². The Bertz CT molecular complexity index is 784. The van der Waals surface area contributed by atoms with Gasteiger partial charge in [0.2, 0.25) is 0 Å². The van der Waals surface area contributed by atoms with Gasteiger partial charge in [0.15, 0.2) is 17.9 Å². The van der Waals surface area contributed by atoms with Crippen LogP contribution in [0.3, 0.4) is 0 Å². The summed E-state index contributed by atoms with van der Waals surface area (Å²) in [5.74, 6) is 1.23. The maximum Gasteiger partial charge on any atom is 0.195 e. The number of aliphatic imine (C=N–C) groups is 1. The Hall–Kier alpha value is -1.76. The summed E-state index contributed by atoms with van der Waals surface area (Å²) in [5, 5.41) is 4.75. The van der Waals surface area contributed by atoms with E-state index in [1.54, 1.807) is 0 Å². The van der Waals surface area contributed by atoms with Crippen LogP contribution in [0.25, 0.3) is 11.0 Å². The molecule has 6 nitrogen and oxygen atoms in total. The molecule has 7 heteroatoms. The Morgan fingerprint density at radius 1 is 1.43 bits per heavy atom. The first-order valence-electron chi connectivity index (χ1n) is 7.75. The molecule has 0 saturated carbocycles. The van der Waals surface area contributed by atoms with Crippen LogP contribution in [-0.4, -0.2) is 49.0 Å². The summed E-state index contributed by atoms with van der Waals surface area (Å²) in [6, 6.07) is 6.14. The maximum atomic E-state index is 6.13. The van der Waals surface area contributed by atoms with E-state index >= 15 is 0 Å². The highest BCUT2D eigenvalue weighted by Crippen LogP contribution is 2.41. The topological polar surface area (TPSA) is 70.0 Å². The van der Waals surface area contributed by atoms with Gasteiger partial charge in [-0.25, -0.2) is 4.99 Å². The molecule has 1 saturated heterocycles. The molecule has 4 rings (SSSR count). The van der Waals surface area contributed by atoms with Crippen LogP contribution in [0.15, 0.2) is 27.6 Å². The fourth-order valence-corrected chi connectivity index (χ4v) is 3.58. The number of halogens is 1. The Labute approximate surface area is 139 Å². The van der Waals surface area contributed by atoms with Gasteiger partial charge in [-0.05, 0) is 38.7 Å². The van der Waals surface area contributed by atoms with Gasteiger partial charge < -0.3 is 20.4 Å². The fourth-order valence-electron chi connectivity index (χ4n) is 3.41. The van der Waals surface area contributed by atoms with E-state index in [1.807, 2.05) is 18.2 Å².